The Bertz CT molecular complexity index is 277. The minimum absolute atomic E-state index is 0.315. The molecule has 0 aliphatic carbocycles. The highest BCUT2D eigenvalue weighted by Gasteiger charge is 2.75. The van der Waals surface area contributed by atoms with Crippen LogP contribution in [0.25, 0.3) is 0 Å². The maximum atomic E-state index is 13.0. The average Bonchev–Trinajstić information content (AvgIpc) is 2.13. The third-order valence-electron chi connectivity index (χ3n) is 2.30. The van der Waals surface area contributed by atoms with Crippen LogP contribution in [0.5, 0.6) is 0 Å². The van der Waals surface area contributed by atoms with Crippen molar-refractivity contribution in [2.45, 2.75) is 50.4 Å². The molecule has 0 rings (SSSR count). The van der Waals surface area contributed by atoms with E-state index in [0.29, 0.717) is 0 Å². The molecule has 0 aliphatic heterocycles. The zero-order valence-electron chi connectivity index (χ0n) is 9.61. The number of aliphatic hydroxyl groups is 1. The average molecular weight is 285 g/mol. The third-order valence-corrected chi connectivity index (χ3v) is 2.30. The SMILES string of the molecule is CC(C)CC(N)C(O)C(F)(F)C(F)(F)C(F)(F)F. The molecule has 0 spiro atoms. The van der Waals surface area contributed by atoms with Crippen molar-refractivity contribution in [2.24, 2.45) is 11.7 Å². The Balaban J connectivity index is 5.14. The zero-order chi connectivity index (χ0) is 14.9. The molecule has 0 radical (unpaired) electrons. The lowest BCUT2D eigenvalue weighted by Crippen LogP contribution is -2.62. The summed E-state index contributed by atoms with van der Waals surface area (Å²) in [6.07, 6.45) is -10.1. The highest BCUT2D eigenvalue weighted by molar-refractivity contribution is 4.99. The van der Waals surface area contributed by atoms with Crippen LogP contribution >= 0.6 is 0 Å². The van der Waals surface area contributed by atoms with Gasteiger partial charge in [-0.05, 0) is 12.3 Å². The predicted molar refractivity (Wildman–Crippen MR) is 49.4 cm³/mol. The first-order valence-corrected chi connectivity index (χ1v) is 5.01. The molecule has 2 nitrogen and oxygen atoms in total. The van der Waals surface area contributed by atoms with Crippen molar-refractivity contribution in [2.75, 3.05) is 0 Å². The van der Waals surface area contributed by atoms with Crippen molar-refractivity contribution >= 4 is 0 Å². The Morgan fingerprint density at radius 2 is 1.39 bits per heavy atom. The number of halogens is 7. The minimum Gasteiger partial charge on any atom is -0.385 e. The van der Waals surface area contributed by atoms with Crippen LogP contribution in [0, 0.1) is 5.92 Å². The molecule has 0 bridgehead atoms. The highest BCUT2D eigenvalue weighted by Crippen LogP contribution is 2.48. The van der Waals surface area contributed by atoms with Crippen LogP contribution in [-0.2, 0) is 0 Å². The lowest BCUT2D eigenvalue weighted by Gasteiger charge is -2.34. The molecule has 0 aliphatic rings. The Labute approximate surface area is 99.0 Å². The first-order valence-electron chi connectivity index (χ1n) is 5.01. The molecule has 18 heavy (non-hydrogen) atoms. The van der Waals surface area contributed by atoms with E-state index in [4.69, 9.17) is 10.8 Å². The molecule has 0 saturated carbocycles. The Hall–Kier alpha value is -0.570. The van der Waals surface area contributed by atoms with Gasteiger partial charge in [-0.15, -0.1) is 0 Å². The van der Waals surface area contributed by atoms with Gasteiger partial charge >= 0.3 is 18.0 Å². The van der Waals surface area contributed by atoms with E-state index in [2.05, 4.69) is 0 Å². The number of nitrogens with two attached hydrogens (primary N) is 1. The molecule has 0 amide bonds. The lowest BCUT2D eigenvalue weighted by molar-refractivity contribution is -0.372. The van der Waals surface area contributed by atoms with Crippen LogP contribution in [-0.4, -0.2) is 35.3 Å². The quantitative estimate of drug-likeness (QED) is 0.763. The molecule has 3 N–H and O–H groups in total. The van der Waals surface area contributed by atoms with E-state index < -0.39 is 30.2 Å². The van der Waals surface area contributed by atoms with Gasteiger partial charge in [-0.3, -0.25) is 0 Å². The third kappa shape index (κ3) is 3.25. The van der Waals surface area contributed by atoms with Crippen LogP contribution < -0.4 is 5.73 Å². The topological polar surface area (TPSA) is 46.2 Å². The van der Waals surface area contributed by atoms with Gasteiger partial charge < -0.3 is 10.8 Å². The van der Waals surface area contributed by atoms with Crippen molar-refractivity contribution in [3.8, 4) is 0 Å². The molecule has 2 atom stereocenters. The zero-order valence-corrected chi connectivity index (χ0v) is 9.61. The van der Waals surface area contributed by atoms with Crippen LogP contribution in [0.15, 0.2) is 0 Å². The van der Waals surface area contributed by atoms with Crippen molar-refractivity contribution in [3.63, 3.8) is 0 Å². The van der Waals surface area contributed by atoms with Gasteiger partial charge in [0.1, 0.15) is 6.10 Å². The molecule has 0 aromatic rings. The van der Waals surface area contributed by atoms with Gasteiger partial charge in [-0.25, -0.2) is 0 Å². The maximum Gasteiger partial charge on any atom is 0.459 e. The molecule has 0 aromatic carbocycles. The first kappa shape index (κ1) is 17.4. The van der Waals surface area contributed by atoms with Crippen LogP contribution in [0.4, 0.5) is 30.7 Å². The van der Waals surface area contributed by atoms with E-state index >= 15 is 0 Å². The number of alkyl halides is 7. The lowest BCUT2D eigenvalue weighted by atomic mass is 9.93. The Morgan fingerprint density at radius 1 is 1.00 bits per heavy atom. The van der Waals surface area contributed by atoms with Crippen molar-refractivity contribution in [1.82, 2.24) is 0 Å². The van der Waals surface area contributed by atoms with Gasteiger partial charge in [0.2, 0.25) is 0 Å². The number of hydrogen-bond donors (Lipinski definition) is 2. The number of rotatable bonds is 5. The van der Waals surface area contributed by atoms with Crippen LogP contribution in [0.1, 0.15) is 20.3 Å². The largest absolute Gasteiger partial charge is 0.459 e. The molecule has 2 unspecified atom stereocenters. The summed E-state index contributed by atoms with van der Waals surface area (Å²) in [4.78, 5) is 0. The van der Waals surface area contributed by atoms with Crippen LogP contribution in [0.2, 0.25) is 0 Å². The maximum absolute atomic E-state index is 13.0. The molecule has 0 saturated heterocycles. The second kappa shape index (κ2) is 5.20. The fourth-order valence-corrected chi connectivity index (χ4v) is 1.32. The van der Waals surface area contributed by atoms with E-state index in [0.717, 1.165) is 0 Å². The summed E-state index contributed by atoms with van der Waals surface area (Å²) in [6, 6.07) is -1.88. The summed E-state index contributed by atoms with van der Waals surface area (Å²) in [5, 5.41) is 8.94. The van der Waals surface area contributed by atoms with Gasteiger partial charge in [-0.2, -0.15) is 30.7 Å². The van der Waals surface area contributed by atoms with Gasteiger partial charge in [0.05, 0.1) is 0 Å². The highest BCUT2D eigenvalue weighted by atomic mass is 19.4. The summed E-state index contributed by atoms with van der Waals surface area (Å²) in [5.74, 6) is -12.4. The standard InChI is InChI=1S/C9H14F7NO/c1-4(2)3-5(17)6(18)7(10,11)8(12,13)9(14,15)16/h4-6,18H,3,17H2,1-2H3. The molecule has 0 aromatic heterocycles. The van der Waals surface area contributed by atoms with E-state index in [1.807, 2.05) is 0 Å². The first-order chi connectivity index (χ1) is 7.75. The summed E-state index contributed by atoms with van der Waals surface area (Å²) in [6.45, 7) is 2.99. The summed E-state index contributed by atoms with van der Waals surface area (Å²) in [5.41, 5.74) is 5.01. The Morgan fingerprint density at radius 3 is 1.67 bits per heavy atom. The van der Waals surface area contributed by atoms with E-state index in [9.17, 15) is 30.7 Å². The fourth-order valence-electron chi connectivity index (χ4n) is 1.32. The monoisotopic (exact) mass is 285 g/mol. The fraction of sp³-hybridized carbons (Fsp3) is 1.00. The normalized spacial score (nSPS) is 18.0. The molecular weight excluding hydrogens is 271 g/mol. The summed E-state index contributed by atoms with van der Waals surface area (Å²) in [7, 11) is 0. The number of aliphatic hydroxyl groups excluding tert-OH is 1. The second-order valence-corrected chi connectivity index (χ2v) is 4.43. The second-order valence-electron chi connectivity index (χ2n) is 4.43. The van der Waals surface area contributed by atoms with E-state index in [1.54, 1.807) is 0 Å². The predicted octanol–water partition coefficient (Wildman–Crippen LogP) is 2.55. The van der Waals surface area contributed by atoms with Crippen molar-refractivity contribution in [1.29, 1.82) is 0 Å². The molecule has 0 heterocycles. The minimum atomic E-state index is -6.46. The molecular formula is C9H14F7NO. The smallest absolute Gasteiger partial charge is 0.385 e. The van der Waals surface area contributed by atoms with Crippen molar-refractivity contribution < 1.29 is 35.8 Å². The van der Waals surface area contributed by atoms with Gasteiger partial charge in [0.15, 0.2) is 0 Å². The Kier molecular flexibility index (Phi) is 5.03. The van der Waals surface area contributed by atoms with Crippen LogP contribution in [0.3, 0.4) is 0 Å². The van der Waals surface area contributed by atoms with E-state index in [1.165, 1.54) is 13.8 Å². The summed E-state index contributed by atoms with van der Waals surface area (Å²) >= 11 is 0. The molecule has 0 fully saturated rings. The van der Waals surface area contributed by atoms with Crippen molar-refractivity contribution in [3.05, 3.63) is 0 Å². The van der Waals surface area contributed by atoms with E-state index in [-0.39, 0.29) is 12.3 Å². The van der Waals surface area contributed by atoms with Gasteiger partial charge in [-0.1, -0.05) is 13.8 Å². The molecule has 110 valence electrons. The van der Waals surface area contributed by atoms with Gasteiger partial charge in [0.25, 0.3) is 0 Å². The van der Waals surface area contributed by atoms with Gasteiger partial charge in [0, 0.05) is 6.04 Å². The summed E-state index contributed by atoms with van der Waals surface area (Å²) < 4.78 is 86.6. The molecule has 9 heteroatoms. The number of hydrogen-bond acceptors (Lipinski definition) is 2.